The molecule has 0 radical (unpaired) electrons. The number of benzene rings is 2. The van der Waals surface area contributed by atoms with Crippen LogP contribution in [0.5, 0.6) is 0 Å². The fourth-order valence-corrected chi connectivity index (χ4v) is 3.66. The number of aryl methyl sites for hydroxylation is 1. The van der Waals surface area contributed by atoms with Gasteiger partial charge in [-0.05, 0) is 57.0 Å². The average Bonchev–Trinajstić information content (AvgIpc) is 2.92. The molecule has 1 heterocycles. The Morgan fingerprint density at radius 3 is 2.21 bits per heavy atom. The molecule has 0 unspecified atom stereocenters. The van der Waals surface area contributed by atoms with Crippen molar-refractivity contribution in [2.45, 2.75) is 40.3 Å². The smallest absolute Gasteiger partial charge is 0.337 e. The normalized spacial score (nSPS) is 11.0. The molecule has 29 heavy (non-hydrogen) atoms. The molecule has 0 aliphatic heterocycles. The molecule has 0 aliphatic rings. The van der Waals surface area contributed by atoms with E-state index in [-0.39, 0.29) is 5.82 Å². The highest BCUT2D eigenvalue weighted by molar-refractivity contribution is 5.91. The minimum atomic E-state index is -0.918. The van der Waals surface area contributed by atoms with Crippen LogP contribution in [0.1, 0.15) is 44.0 Å². The number of rotatable bonds is 8. The molecule has 152 valence electrons. The van der Waals surface area contributed by atoms with Crippen molar-refractivity contribution in [3.8, 4) is 0 Å². The van der Waals surface area contributed by atoms with Crippen LogP contribution in [0.15, 0.2) is 48.5 Å². The number of hydrogen-bond acceptors (Lipinski definition) is 2. The van der Waals surface area contributed by atoms with E-state index in [9.17, 15) is 14.3 Å². The van der Waals surface area contributed by atoms with Gasteiger partial charge in [0.05, 0.1) is 5.56 Å². The van der Waals surface area contributed by atoms with E-state index in [4.69, 9.17) is 0 Å². The molecule has 4 nitrogen and oxygen atoms in total. The van der Waals surface area contributed by atoms with Gasteiger partial charge >= 0.3 is 5.97 Å². The Morgan fingerprint density at radius 2 is 1.59 bits per heavy atom. The van der Waals surface area contributed by atoms with Crippen molar-refractivity contribution in [3.05, 3.63) is 93.6 Å². The maximum Gasteiger partial charge on any atom is 0.337 e. The molecule has 2 aromatic carbocycles. The number of hydrogen-bond donors (Lipinski definition) is 2. The lowest BCUT2D eigenvalue weighted by atomic mass is 10.1. The van der Waals surface area contributed by atoms with Crippen LogP contribution in [0.2, 0.25) is 0 Å². The highest BCUT2D eigenvalue weighted by Gasteiger charge is 2.22. The molecule has 2 N–H and O–H groups in total. The van der Waals surface area contributed by atoms with Gasteiger partial charge in [0.15, 0.2) is 0 Å². The van der Waals surface area contributed by atoms with E-state index < -0.39 is 5.97 Å². The van der Waals surface area contributed by atoms with Crippen LogP contribution < -0.4 is 5.32 Å². The van der Waals surface area contributed by atoms with Crippen LogP contribution >= 0.6 is 0 Å². The highest BCUT2D eigenvalue weighted by Crippen LogP contribution is 2.24. The van der Waals surface area contributed by atoms with Gasteiger partial charge in [0.2, 0.25) is 0 Å². The number of halogens is 1. The number of carbonyl (C=O) groups is 1. The topological polar surface area (TPSA) is 54.3 Å². The molecule has 0 fully saturated rings. The van der Waals surface area contributed by atoms with Crippen LogP contribution in [-0.4, -0.2) is 22.2 Å². The molecule has 5 heteroatoms. The third kappa shape index (κ3) is 4.93. The van der Waals surface area contributed by atoms with E-state index in [1.165, 1.54) is 23.3 Å². The fraction of sp³-hybridized carbons (Fsp3) is 0.292. The third-order valence-electron chi connectivity index (χ3n) is 5.39. The van der Waals surface area contributed by atoms with E-state index in [2.05, 4.69) is 36.5 Å². The number of carboxylic acids is 1. The summed E-state index contributed by atoms with van der Waals surface area (Å²) in [5, 5.41) is 13.1. The van der Waals surface area contributed by atoms with Crippen LogP contribution in [0.3, 0.4) is 0 Å². The van der Waals surface area contributed by atoms with Gasteiger partial charge in [-0.2, -0.15) is 0 Å². The Labute approximate surface area is 171 Å². The molecule has 0 aliphatic carbocycles. The molecule has 1 aromatic heterocycles. The molecule has 0 saturated heterocycles. The Balaban J connectivity index is 1.74. The molecular formula is C24H27FN2O2. The van der Waals surface area contributed by atoms with Crippen LogP contribution in [0.25, 0.3) is 0 Å². The lowest BCUT2D eigenvalue weighted by Gasteiger charge is -2.10. The molecule has 3 rings (SSSR count). The van der Waals surface area contributed by atoms with Crippen LogP contribution in [0.4, 0.5) is 4.39 Å². The fourth-order valence-electron chi connectivity index (χ4n) is 3.66. The van der Waals surface area contributed by atoms with Gasteiger partial charge in [-0.25, -0.2) is 9.18 Å². The first kappa shape index (κ1) is 20.8. The summed E-state index contributed by atoms with van der Waals surface area (Å²) in [6.45, 7) is 7.62. The zero-order valence-corrected chi connectivity index (χ0v) is 17.1. The predicted octanol–water partition coefficient (Wildman–Crippen LogP) is 4.63. The average molecular weight is 394 g/mol. The van der Waals surface area contributed by atoms with Crippen molar-refractivity contribution in [1.82, 2.24) is 9.88 Å². The number of carboxylic acid groups (broad SMARTS) is 1. The van der Waals surface area contributed by atoms with Gasteiger partial charge in [0.1, 0.15) is 5.82 Å². The zero-order valence-electron chi connectivity index (χ0n) is 17.1. The summed E-state index contributed by atoms with van der Waals surface area (Å²) >= 11 is 0. The van der Waals surface area contributed by atoms with Gasteiger partial charge < -0.3 is 15.0 Å². The largest absolute Gasteiger partial charge is 0.478 e. The van der Waals surface area contributed by atoms with E-state index in [0.29, 0.717) is 18.7 Å². The summed E-state index contributed by atoms with van der Waals surface area (Å²) < 4.78 is 15.2. The van der Waals surface area contributed by atoms with Crippen molar-refractivity contribution >= 4 is 5.97 Å². The van der Waals surface area contributed by atoms with Crippen LogP contribution in [-0.2, 0) is 19.5 Å². The monoisotopic (exact) mass is 394 g/mol. The Hall–Kier alpha value is -2.92. The summed E-state index contributed by atoms with van der Waals surface area (Å²) in [6, 6.07) is 14.7. The van der Waals surface area contributed by atoms with Crippen molar-refractivity contribution in [1.29, 1.82) is 0 Å². The second-order valence-electron chi connectivity index (χ2n) is 7.45. The second-order valence-corrected chi connectivity index (χ2v) is 7.45. The zero-order chi connectivity index (χ0) is 21.0. The predicted molar refractivity (Wildman–Crippen MR) is 113 cm³/mol. The second kappa shape index (κ2) is 9.05. The van der Waals surface area contributed by atoms with Gasteiger partial charge in [0, 0.05) is 30.0 Å². The van der Waals surface area contributed by atoms with Crippen molar-refractivity contribution in [2.24, 2.45) is 0 Å². The highest BCUT2D eigenvalue weighted by atomic mass is 19.1. The lowest BCUT2D eigenvalue weighted by molar-refractivity contribution is 0.0694. The van der Waals surface area contributed by atoms with Gasteiger partial charge in [-0.3, -0.25) is 0 Å². The lowest BCUT2D eigenvalue weighted by Crippen LogP contribution is -2.18. The minimum Gasteiger partial charge on any atom is -0.478 e. The number of aromatic carboxylic acids is 1. The first-order chi connectivity index (χ1) is 13.9. The van der Waals surface area contributed by atoms with E-state index in [1.807, 2.05) is 18.4 Å². The quantitative estimate of drug-likeness (QED) is 0.548. The van der Waals surface area contributed by atoms with Crippen molar-refractivity contribution in [3.63, 3.8) is 0 Å². The summed E-state index contributed by atoms with van der Waals surface area (Å²) in [5.74, 6) is -1.20. The molecule has 3 aromatic rings. The number of nitrogens with one attached hydrogen (secondary N) is 1. The summed E-state index contributed by atoms with van der Waals surface area (Å²) in [4.78, 5) is 11.9. The molecule has 0 bridgehead atoms. The Morgan fingerprint density at radius 1 is 0.966 bits per heavy atom. The molecule has 0 spiro atoms. The molecule has 0 saturated carbocycles. The molecular weight excluding hydrogens is 367 g/mol. The first-order valence-corrected chi connectivity index (χ1v) is 9.79. The van der Waals surface area contributed by atoms with E-state index in [1.54, 1.807) is 12.1 Å². The number of nitrogens with zero attached hydrogens (tertiary/aromatic N) is 1. The number of aromatic nitrogens is 1. The SMILES string of the molecule is Cc1ccc(CCNCc2c(C(=O)O)c(C)n(Cc3ccc(F)cc3)c2C)cc1. The Bertz CT molecular complexity index is 989. The van der Waals surface area contributed by atoms with Gasteiger partial charge in [0.25, 0.3) is 0 Å². The summed E-state index contributed by atoms with van der Waals surface area (Å²) in [6.07, 6.45) is 0.886. The maximum atomic E-state index is 13.2. The van der Waals surface area contributed by atoms with Crippen LogP contribution in [0, 0.1) is 26.6 Å². The van der Waals surface area contributed by atoms with Gasteiger partial charge in [-0.1, -0.05) is 42.0 Å². The summed E-state index contributed by atoms with van der Waals surface area (Å²) in [7, 11) is 0. The van der Waals surface area contributed by atoms with E-state index in [0.717, 1.165) is 35.5 Å². The van der Waals surface area contributed by atoms with Crippen molar-refractivity contribution in [2.75, 3.05) is 6.54 Å². The Kier molecular flexibility index (Phi) is 6.49. The molecule has 0 amide bonds. The van der Waals surface area contributed by atoms with Crippen molar-refractivity contribution < 1.29 is 14.3 Å². The maximum absolute atomic E-state index is 13.2. The van der Waals surface area contributed by atoms with Gasteiger partial charge in [-0.15, -0.1) is 0 Å². The first-order valence-electron chi connectivity index (χ1n) is 9.79. The minimum absolute atomic E-state index is 0.278. The third-order valence-corrected chi connectivity index (χ3v) is 5.39. The summed E-state index contributed by atoms with van der Waals surface area (Å²) in [5.41, 5.74) is 6.23. The molecule has 0 atom stereocenters. The van der Waals surface area contributed by atoms with E-state index >= 15 is 0 Å². The standard InChI is InChI=1S/C24H27FN2O2/c1-16-4-6-19(7-5-16)12-13-26-14-22-17(2)27(18(3)23(22)24(28)29)15-20-8-10-21(25)11-9-20/h4-11,26H,12-15H2,1-3H3,(H,28,29).